The van der Waals surface area contributed by atoms with Crippen molar-refractivity contribution in [3.63, 3.8) is 0 Å². The second kappa shape index (κ2) is 13.7. The van der Waals surface area contributed by atoms with Gasteiger partial charge >= 0.3 is 0 Å². The van der Waals surface area contributed by atoms with E-state index in [1.807, 2.05) is 45.0 Å². The molecule has 10 heteroatoms. The minimum atomic E-state index is -4.18. The summed E-state index contributed by atoms with van der Waals surface area (Å²) < 4.78 is 33.9. The Morgan fingerprint density at radius 1 is 1.00 bits per heavy atom. The van der Waals surface area contributed by atoms with Crippen molar-refractivity contribution < 1.29 is 22.7 Å². The minimum absolute atomic E-state index is 0.0103. The molecule has 8 nitrogen and oxygen atoms in total. The van der Waals surface area contributed by atoms with Crippen molar-refractivity contribution in [2.24, 2.45) is 0 Å². The van der Waals surface area contributed by atoms with Gasteiger partial charge in [0.05, 0.1) is 17.7 Å². The second-order valence-electron chi connectivity index (χ2n) is 9.67. The first kappa shape index (κ1) is 31.0. The average Bonchev–Trinajstić information content (AvgIpc) is 2.94. The van der Waals surface area contributed by atoms with Gasteiger partial charge in [-0.3, -0.25) is 13.9 Å². The molecule has 0 saturated carbocycles. The molecule has 0 aliphatic carbocycles. The van der Waals surface area contributed by atoms with Crippen LogP contribution >= 0.6 is 11.6 Å². The lowest BCUT2D eigenvalue weighted by Gasteiger charge is -2.32. The summed E-state index contributed by atoms with van der Waals surface area (Å²) in [6.07, 6.45) is 0.731. The third kappa shape index (κ3) is 7.76. The van der Waals surface area contributed by atoms with E-state index in [4.69, 9.17) is 16.3 Å². The van der Waals surface area contributed by atoms with Gasteiger partial charge in [-0.25, -0.2) is 8.42 Å². The summed E-state index contributed by atoms with van der Waals surface area (Å²) in [5, 5.41) is 3.35. The minimum Gasteiger partial charge on any atom is -0.497 e. The summed E-state index contributed by atoms with van der Waals surface area (Å²) >= 11 is 6.07. The van der Waals surface area contributed by atoms with Crippen LogP contribution in [-0.2, 0) is 26.2 Å². The van der Waals surface area contributed by atoms with Gasteiger partial charge in [0.1, 0.15) is 18.3 Å². The van der Waals surface area contributed by atoms with Crippen molar-refractivity contribution in [3.8, 4) is 5.75 Å². The Labute approximate surface area is 241 Å². The van der Waals surface area contributed by atoms with Gasteiger partial charge in [-0.05, 0) is 81.3 Å². The van der Waals surface area contributed by atoms with Gasteiger partial charge in [-0.2, -0.15) is 0 Å². The molecule has 0 aliphatic rings. The number of hydrogen-bond acceptors (Lipinski definition) is 5. The van der Waals surface area contributed by atoms with Gasteiger partial charge in [0, 0.05) is 17.6 Å². The van der Waals surface area contributed by atoms with Crippen molar-refractivity contribution in [1.82, 2.24) is 10.2 Å². The third-order valence-electron chi connectivity index (χ3n) is 6.64. The van der Waals surface area contributed by atoms with Crippen LogP contribution in [0, 0.1) is 6.92 Å². The average molecular weight is 586 g/mol. The van der Waals surface area contributed by atoms with Crippen LogP contribution in [0.3, 0.4) is 0 Å². The van der Waals surface area contributed by atoms with Gasteiger partial charge in [0.25, 0.3) is 10.0 Å². The number of sulfonamides is 1. The maximum atomic E-state index is 14.0. The summed E-state index contributed by atoms with van der Waals surface area (Å²) in [6.45, 7) is 7.05. The quantitative estimate of drug-likeness (QED) is 0.316. The van der Waals surface area contributed by atoms with E-state index in [1.54, 1.807) is 43.3 Å². The highest BCUT2D eigenvalue weighted by molar-refractivity contribution is 7.92. The molecular formula is C30H36ClN3O5S. The first-order valence-electron chi connectivity index (χ1n) is 13.0. The molecule has 0 fully saturated rings. The molecule has 0 spiro atoms. The Kier molecular flexibility index (Phi) is 10.6. The number of nitrogens with one attached hydrogen (secondary N) is 1. The highest BCUT2D eigenvalue weighted by Crippen LogP contribution is 2.27. The Bertz CT molecular complexity index is 1410. The van der Waals surface area contributed by atoms with Crippen LogP contribution in [0.25, 0.3) is 0 Å². The van der Waals surface area contributed by atoms with Gasteiger partial charge < -0.3 is 15.0 Å². The van der Waals surface area contributed by atoms with Crippen LogP contribution in [0.1, 0.15) is 38.3 Å². The van der Waals surface area contributed by atoms with Crippen molar-refractivity contribution in [1.29, 1.82) is 0 Å². The molecular weight excluding hydrogens is 550 g/mol. The molecule has 0 heterocycles. The van der Waals surface area contributed by atoms with Gasteiger partial charge in [0.15, 0.2) is 0 Å². The SMILES string of the molecule is CCC(C)NC(=O)C(C)N(Cc1cccc(C)c1)C(=O)CN(c1ccc(Cl)cc1)S(=O)(=O)c1ccc(OC)cc1. The molecule has 0 radical (unpaired) electrons. The van der Waals surface area contributed by atoms with E-state index in [0.29, 0.717) is 10.8 Å². The Morgan fingerprint density at radius 3 is 2.23 bits per heavy atom. The highest BCUT2D eigenvalue weighted by Gasteiger charge is 2.32. The zero-order valence-corrected chi connectivity index (χ0v) is 25.0. The topological polar surface area (TPSA) is 96.0 Å². The number of halogens is 1. The molecule has 3 aromatic carbocycles. The Hall–Kier alpha value is -3.56. The van der Waals surface area contributed by atoms with E-state index in [9.17, 15) is 18.0 Å². The van der Waals surface area contributed by atoms with Gasteiger partial charge in [-0.15, -0.1) is 0 Å². The number of carbonyl (C=O) groups excluding carboxylic acids is 2. The van der Waals surface area contributed by atoms with Gasteiger partial charge in [0.2, 0.25) is 11.8 Å². The summed E-state index contributed by atoms with van der Waals surface area (Å²) in [6, 6.07) is 18.8. The predicted molar refractivity (Wildman–Crippen MR) is 158 cm³/mol. The number of amides is 2. The van der Waals surface area contributed by atoms with Gasteiger partial charge in [-0.1, -0.05) is 48.4 Å². The lowest BCUT2D eigenvalue weighted by molar-refractivity contribution is -0.139. The number of ether oxygens (including phenoxy) is 1. The molecule has 40 heavy (non-hydrogen) atoms. The number of anilines is 1. The smallest absolute Gasteiger partial charge is 0.264 e. The number of methoxy groups -OCH3 is 1. The molecule has 2 atom stereocenters. The molecule has 3 rings (SSSR count). The number of rotatable bonds is 12. The summed E-state index contributed by atoms with van der Waals surface area (Å²) in [5.74, 6) is -0.342. The molecule has 2 unspecified atom stereocenters. The van der Waals surface area contributed by atoms with Crippen LogP contribution < -0.4 is 14.4 Å². The maximum Gasteiger partial charge on any atom is 0.264 e. The maximum absolute atomic E-state index is 14.0. The zero-order valence-electron chi connectivity index (χ0n) is 23.4. The number of benzene rings is 3. The highest BCUT2D eigenvalue weighted by atomic mass is 35.5. The number of nitrogens with zero attached hydrogens (tertiary/aromatic N) is 2. The number of aryl methyl sites for hydroxylation is 1. The summed E-state index contributed by atoms with van der Waals surface area (Å²) in [7, 11) is -2.69. The van der Waals surface area contributed by atoms with E-state index in [1.165, 1.54) is 24.1 Å². The Morgan fingerprint density at radius 2 is 1.65 bits per heavy atom. The van der Waals surface area contributed by atoms with Crippen LogP contribution in [0.15, 0.2) is 77.7 Å². The zero-order chi connectivity index (χ0) is 29.4. The molecule has 3 aromatic rings. The molecule has 0 saturated heterocycles. The van der Waals surface area contributed by atoms with Crippen molar-refractivity contribution in [2.75, 3.05) is 18.0 Å². The largest absolute Gasteiger partial charge is 0.497 e. The van der Waals surface area contributed by atoms with E-state index < -0.39 is 28.5 Å². The van der Waals surface area contributed by atoms with Crippen LogP contribution in [0.2, 0.25) is 5.02 Å². The number of carbonyl (C=O) groups is 2. The molecule has 214 valence electrons. The summed E-state index contributed by atoms with van der Waals surface area (Å²) in [4.78, 5) is 28.5. The molecule has 0 aromatic heterocycles. The summed E-state index contributed by atoms with van der Waals surface area (Å²) in [5.41, 5.74) is 2.10. The first-order chi connectivity index (χ1) is 19.0. The Balaban J connectivity index is 2.02. The molecule has 0 bridgehead atoms. The monoisotopic (exact) mass is 585 g/mol. The normalized spacial score (nSPS) is 12.8. The van der Waals surface area contributed by atoms with Crippen molar-refractivity contribution in [3.05, 3.63) is 88.9 Å². The van der Waals surface area contributed by atoms with Crippen LogP contribution in [0.5, 0.6) is 5.75 Å². The van der Waals surface area contributed by atoms with Crippen LogP contribution in [-0.4, -0.2) is 50.9 Å². The molecule has 1 N–H and O–H groups in total. The fourth-order valence-electron chi connectivity index (χ4n) is 4.07. The lowest BCUT2D eigenvalue weighted by Crippen LogP contribution is -2.52. The van der Waals surface area contributed by atoms with Crippen molar-refractivity contribution >= 4 is 39.1 Å². The molecule has 0 aliphatic heterocycles. The van der Waals surface area contributed by atoms with E-state index in [2.05, 4.69) is 5.32 Å². The van der Waals surface area contributed by atoms with E-state index in [-0.39, 0.29) is 29.1 Å². The third-order valence-corrected chi connectivity index (χ3v) is 8.68. The fraction of sp³-hybridized carbons (Fsp3) is 0.333. The fourth-order valence-corrected chi connectivity index (χ4v) is 5.61. The number of hydrogen-bond donors (Lipinski definition) is 1. The van der Waals surface area contributed by atoms with Crippen LogP contribution in [0.4, 0.5) is 5.69 Å². The van der Waals surface area contributed by atoms with E-state index >= 15 is 0 Å². The lowest BCUT2D eigenvalue weighted by atomic mass is 10.1. The predicted octanol–water partition coefficient (Wildman–Crippen LogP) is 5.18. The second-order valence-corrected chi connectivity index (χ2v) is 12.0. The molecule has 2 amide bonds. The van der Waals surface area contributed by atoms with Crippen molar-refractivity contribution in [2.45, 2.75) is 57.6 Å². The standard InChI is InChI=1S/C30H36ClN3O5S/c1-6-22(3)32-30(36)23(4)33(19-24-9-7-8-21(2)18-24)29(35)20-34(26-12-10-25(31)11-13-26)40(37,38)28-16-14-27(39-5)15-17-28/h7-18,22-23H,6,19-20H2,1-5H3,(H,32,36). The first-order valence-corrected chi connectivity index (χ1v) is 14.9. The van der Waals surface area contributed by atoms with E-state index in [0.717, 1.165) is 21.9 Å².